The van der Waals surface area contributed by atoms with Gasteiger partial charge in [-0.05, 0) is 43.5 Å². The third kappa shape index (κ3) is 2.71. The number of hydrogen-bond acceptors (Lipinski definition) is 2. The number of piperidine rings is 1. The molecule has 0 unspecified atom stereocenters. The Balaban J connectivity index is 1.62. The molecule has 2 amide bonds. The van der Waals surface area contributed by atoms with E-state index in [0.717, 1.165) is 19.6 Å². The molecule has 3 rings (SSSR count). The van der Waals surface area contributed by atoms with Crippen LogP contribution < -0.4 is 10.6 Å². The molecule has 102 valence electrons. The SMILES string of the molecule is O=C(Nc1cccc(F)c1)N1C[C@@H]2CCCN[C@@H]2C1. The van der Waals surface area contributed by atoms with Crippen molar-refractivity contribution < 1.29 is 9.18 Å². The molecule has 19 heavy (non-hydrogen) atoms. The van der Waals surface area contributed by atoms with Crippen LogP contribution in [0.5, 0.6) is 0 Å². The minimum atomic E-state index is -0.338. The molecule has 0 spiro atoms. The van der Waals surface area contributed by atoms with Crippen LogP contribution in [0.25, 0.3) is 0 Å². The van der Waals surface area contributed by atoms with Gasteiger partial charge in [0.1, 0.15) is 5.82 Å². The van der Waals surface area contributed by atoms with Gasteiger partial charge in [0.25, 0.3) is 0 Å². The Bertz CT molecular complexity index is 466. The maximum absolute atomic E-state index is 13.1. The number of halogens is 1. The predicted molar refractivity (Wildman–Crippen MR) is 71.5 cm³/mol. The second-order valence-corrected chi connectivity index (χ2v) is 5.31. The van der Waals surface area contributed by atoms with E-state index in [-0.39, 0.29) is 11.8 Å². The van der Waals surface area contributed by atoms with Crippen LogP contribution in [0.4, 0.5) is 14.9 Å². The predicted octanol–water partition coefficient (Wildman–Crippen LogP) is 2.04. The monoisotopic (exact) mass is 263 g/mol. The van der Waals surface area contributed by atoms with Gasteiger partial charge in [-0.2, -0.15) is 0 Å². The summed E-state index contributed by atoms with van der Waals surface area (Å²) in [5, 5.41) is 6.21. The fourth-order valence-electron chi connectivity index (χ4n) is 2.98. The minimum Gasteiger partial charge on any atom is -0.323 e. The second-order valence-electron chi connectivity index (χ2n) is 5.31. The van der Waals surface area contributed by atoms with E-state index in [0.29, 0.717) is 17.6 Å². The Morgan fingerprint density at radius 3 is 3.11 bits per heavy atom. The largest absolute Gasteiger partial charge is 0.323 e. The third-order valence-corrected chi connectivity index (χ3v) is 3.96. The number of carbonyl (C=O) groups excluding carboxylic acids is 1. The molecule has 0 bridgehead atoms. The van der Waals surface area contributed by atoms with E-state index < -0.39 is 0 Å². The number of nitrogens with zero attached hydrogens (tertiary/aromatic N) is 1. The summed E-state index contributed by atoms with van der Waals surface area (Å²) >= 11 is 0. The summed E-state index contributed by atoms with van der Waals surface area (Å²) in [4.78, 5) is 14.0. The summed E-state index contributed by atoms with van der Waals surface area (Å²) in [5.41, 5.74) is 0.507. The molecule has 2 fully saturated rings. The van der Waals surface area contributed by atoms with E-state index in [2.05, 4.69) is 10.6 Å². The summed E-state index contributed by atoms with van der Waals surface area (Å²) < 4.78 is 13.1. The maximum Gasteiger partial charge on any atom is 0.321 e. The molecule has 2 aliphatic rings. The zero-order valence-electron chi connectivity index (χ0n) is 10.7. The Morgan fingerprint density at radius 1 is 1.42 bits per heavy atom. The fraction of sp³-hybridized carbons (Fsp3) is 0.500. The lowest BCUT2D eigenvalue weighted by Gasteiger charge is -2.24. The number of hydrogen-bond donors (Lipinski definition) is 2. The minimum absolute atomic E-state index is 0.137. The third-order valence-electron chi connectivity index (χ3n) is 3.96. The number of benzene rings is 1. The summed E-state index contributed by atoms with van der Waals surface area (Å²) in [7, 11) is 0. The van der Waals surface area contributed by atoms with Gasteiger partial charge < -0.3 is 15.5 Å². The first-order valence-corrected chi connectivity index (χ1v) is 6.77. The zero-order chi connectivity index (χ0) is 13.2. The van der Waals surface area contributed by atoms with Gasteiger partial charge in [-0.15, -0.1) is 0 Å². The fourth-order valence-corrected chi connectivity index (χ4v) is 2.98. The Kier molecular flexibility index (Phi) is 3.38. The van der Waals surface area contributed by atoms with Crippen LogP contribution in [0, 0.1) is 11.7 Å². The highest BCUT2D eigenvalue weighted by Crippen LogP contribution is 2.25. The Hall–Kier alpha value is -1.62. The van der Waals surface area contributed by atoms with Crippen molar-refractivity contribution in [1.82, 2.24) is 10.2 Å². The molecule has 0 radical (unpaired) electrons. The van der Waals surface area contributed by atoms with Crippen molar-refractivity contribution in [1.29, 1.82) is 0 Å². The van der Waals surface area contributed by atoms with Crippen molar-refractivity contribution in [3.05, 3.63) is 30.1 Å². The lowest BCUT2D eigenvalue weighted by molar-refractivity contribution is 0.220. The number of anilines is 1. The average Bonchev–Trinajstić information content (AvgIpc) is 2.82. The molecular weight excluding hydrogens is 245 g/mol. The molecule has 0 saturated carbocycles. The van der Waals surface area contributed by atoms with Gasteiger partial charge in [0.05, 0.1) is 0 Å². The van der Waals surface area contributed by atoms with Crippen LogP contribution in [-0.2, 0) is 0 Å². The molecule has 0 aliphatic carbocycles. The lowest BCUT2D eigenvalue weighted by atomic mass is 9.94. The normalized spacial score (nSPS) is 26.1. The van der Waals surface area contributed by atoms with E-state index >= 15 is 0 Å². The molecule has 1 aromatic carbocycles. The quantitative estimate of drug-likeness (QED) is 0.814. The first kappa shape index (κ1) is 12.4. The van der Waals surface area contributed by atoms with Gasteiger partial charge in [-0.1, -0.05) is 6.07 Å². The lowest BCUT2D eigenvalue weighted by Crippen LogP contribution is -2.41. The molecule has 2 saturated heterocycles. The van der Waals surface area contributed by atoms with E-state index in [1.807, 2.05) is 4.90 Å². The molecule has 2 heterocycles. The average molecular weight is 263 g/mol. The topological polar surface area (TPSA) is 44.4 Å². The number of urea groups is 1. The first-order valence-electron chi connectivity index (χ1n) is 6.77. The van der Waals surface area contributed by atoms with Gasteiger partial charge in [0, 0.05) is 24.8 Å². The highest BCUT2D eigenvalue weighted by molar-refractivity contribution is 5.89. The number of fused-ring (bicyclic) bond motifs is 1. The molecule has 2 aliphatic heterocycles. The van der Waals surface area contributed by atoms with E-state index in [9.17, 15) is 9.18 Å². The van der Waals surface area contributed by atoms with Crippen LogP contribution in [0.2, 0.25) is 0 Å². The van der Waals surface area contributed by atoms with Crippen molar-refractivity contribution >= 4 is 11.7 Å². The Labute approximate surface area is 112 Å². The van der Waals surface area contributed by atoms with Crippen LogP contribution in [0.15, 0.2) is 24.3 Å². The summed E-state index contributed by atoms with van der Waals surface area (Å²) in [6.07, 6.45) is 2.36. The molecule has 1 aromatic rings. The highest BCUT2D eigenvalue weighted by Gasteiger charge is 2.36. The summed E-state index contributed by atoms with van der Waals surface area (Å²) in [6, 6.07) is 6.27. The van der Waals surface area contributed by atoms with E-state index in [1.165, 1.54) is 25.0 Å². The molecular formula is C14H18FN3O. The van der Waals surface area contributed by atoms with Crippen molar-refractivity contribution in [2.45, 2.75) is 18.9 Å². The van der Waals surface area contributed by atoms with Crippen LogP contribution in [-0.4, -0.2) is 36.6 Å². The molecule has 0 aromatic heterocycles. The van der Waals surface area contributed by atoms with Crippen LogP contribution in [0.3, 0.4) is 0 Å². The van der Waals surface area contributed by atoms with Crippen LogP contribution in [0.1, 0.15) is 12.8 Å². The number of nitrogens with one attached hydrogen (secondary N) is 2. The molecule has 4 nitrogen and oxygen atoms in total. The zero-order valence-corrected chi connectivity index (χ0v) is 10.7. The van der Waals surface area contributed by atoms with Crippen molar-refractivity contribution in [3.63, 3.8) is 0 Å². The number of rotatable bonds is 1. The number of likely N-dealkylation sites (tertiary alicyclic amines) is 1. The van der Waals surface area contributed by atoms with Gasteiger partial charge in [-0.25, -0.2) is 9.18 Å². The second kappa shape index (κ2) is 5.17. The van der Waals surface area contributed by atoms with E-state index in [1.54, 1.807) is 12.1 Å². The Morgan fingerprint density at radius 2 is 2.32 bits per heavy atom. The van der Waals surface area contributed by atoms with Crippen molar-refractivity contribution in [2.75, 3.05) is 25.0 Å². The first-order chi connectivity index (χ1) is 9.22. The van der Waals surface area contributed by atoms with Gasteiger partial charge in [0.15, 0.2) is 0 Å². The van der Waals surface area contributed by atoms with Crippen molar-refractivity contribution in [3.8, 4) is 0 Å². The van der Waals surface area contributed by atoms with E-state index in [4.69, 9.17) is 0 Å². The van der Waals surface area contributed by atoms with Gasteiger partial charge in [-0.3, -0.25) is 0 Å². The van der Waals surface area contributed by atoms with Gasteiger partial charge in [0.2, 0.25) is 0 Å². The number of carbonyl (C=O) groups is 1. The molecule has 2 atom stereocenters. The molecule has 2 N–H and O–H groups in total. The van der Waals surface area contributed by atoms with Gasteiger partial charge >= 0.3 is 6.03 Å². The van der Waals surface area contributed by atoms with Crippen molar-refractivity contribution in [2.24, 2.45) is 5.92 Å². The summed E-state index contributed by atoms with van der Waals surface area (Å²) in [5.74, 6) is 0.224. The van der Waals surface area contributed by atoms with Crippen LogP contribution >= 0.6 is 0 Å². The number of amides is 2. The summed E-state index contributed by atoms with van der Waals surface area (Å²) in [6.45, 7) is 2.57. The highest BCUT2D eigenvalue weighted by atomic mass is 19.1. The maximum atomic E-state index is 13.1. The smallest absolute Gasteiger partial charge is 0.321 e. The molecule has 5 heteroatoms. The standard InChI is InChI=1S/C14H18FN3O/c15-11-4-1-5-12(7-11)17-14(19)18-8-10-3-2-6-16-13(10)9-18/h1,4-5,7,10,13,16H,2-3,6,8-9H2,(H,17,19)/t10-,13+/m0/s1.